The Bertz CT molecular complexity index is 1200. The highest BCUT2D eigenvalue weighted by Crippen LogP contribution is 2.32. The molecule has 1 aliphatic carbocycles. The van der Waals surface area contributed by atoms with Gasteiger partial charge in [-0.25, -0.2) is 14.4 Å². The van der Waals surface area contributed by atoms with Crippen LogP contribution in [0.4, 0.5) is 23.4 Å². The molecule has 1 radical (unpaired) electrons. The summed E-state index contributed by atoms with van der Waals surface area (Å²) in [7, 11) is 0. The summed E-state index contributed by atoms with van der Waals surface area (Å²) in [6.45, 7) is 3.74. The third-order valence-electron chi connectivity index (χ3n) is 5.74. The smallest absolute Gasteiger partial charge is 0.390 e. The molecule has 1 saturated carbocycles. The van der Waals surface area contributed by atoms with E-state index in [0.29, 0.717) is 5.56 Å². The van der Waals surface area contributed by atoms with Gasteiger partial charge < -0.3 is 15.0 Å². The number of halogens is 5. The average molecular weight is 496 g/mol. The predicted octanol–water partition coefficient (Wildman–Crippen LogP) is 4.56. The molecule has 2 N–H and O–H groups in total. The Hall–Kier alpha value is -2.98. The van der Waals surface area contributed by atoms with Crippen molar-refractivity contribution in [3.8, 4) is 0 Å². The fraction of sp³-hybridized carbons (Fsp3) is 0.304. The summed E-state index contributed by atoms with van der Waals surface area (Å²) in [4.78, 5) is 21.1. The number of hydrogen-bond donors (Lipinski definition) is 2. The Balaban J connectivity index is 1.56. The zero-order valence-electron chi connectivity index (χ0n) is 17.6. The zero-order valence-corrected chi connectivity index (χ0v) is 18.4. The fourth-order valence-electron chi connectivity index (χ4n) is 3.94. The summed E-state index contributed by atoms with van der Waals surface area (Å²) in [5.41, 5.74) is -0.208. The van der Waals surface area contributed by atoms with Gasteiger partial charge in [-0.1, -0.05) is 23.7 Å². The molecular weight excluding hydrogens is 476 g/mol. The lowest BCUT2D eigenvalue weighted by Gasteiger charge is -2.18. The van der Waals surface area contributed by atoms with E-state index >= 15 is 0 Å². The second-order valence-corrected chi connectivity index (χ2v) is 8.56. The molecule has 1 aromatic carbocycles. The van der Waals surface area contributed by atoms with E-state index in [1.54, 1.807) is 0 Å². The molecule has 0 unspecified atom stereocenters. The van der Waals surface area contributed by atoms with Gasteiger partial charge in [0.1, 0.15) is 23.5 Å². The van der Waals surface area contributed by atoms with Crippen LogP contribution in [0.25, 0.3) is 0 Å². The third kappa shape index (κ3) is 4.92. The number of ketones is 1. The Morgan fingerprint density at radius 3 is 2.76 bits per heavy atom. The van der Waals surface area contributed by atoms with Crippen LogP contribution < -0.4 is 5.32 Å². The van der Waals surface area contributed by atoms with Crippen molar-refractivity contribution < 1.29 is 27.5 Å². The van der Waals surface area contributed by atoms with Gasteiger partial charge in [-0.15, -0.1) is 0 Å². The van der Waals surface area contributed by atoms with Crippen molar-refractivity contribution in [1.82, 2.24) is 14.5 Å². The van der Waals surface area contributed by atoms with Gasteiger partial charge in [0.05, 0.1) is 23.3 Å². The SMILES string of the molecule is [CH2][C@@H]1C[C@@H](Nc2ncncc2C(=O)c2cc(Cl)n(Cc3cccc(C(F)(F)F)c3)c2)[C@@H](F)[C@@H]1O. The van der Waals surface area contributed by atoms with Crippen LogP contribution in [0, 0.1) is 12.8 Å². The highest BCUT2D eigenvalue weighted by molar-refractivity contribution is 6.30. The molecular formula is C23H20ClF4N4O2. The van der Waals surface area contributed by atoms with E-state index in [9.17, 15) is 27.5 Å². The summed E-state index contributed by atoms with van der Waals surface area (Å²) in [5.74, 6) is -0.916. The normalized spacial score (nSPS) is 22.7. The summed E-state index contributed by atoms with van der Waals surface area (Å²) in [6.07, 6.45) is -3.13. The summed E-state index contributed by atoms with van der Waals surface area (Å²) in [5, 5.41) is 12.8. The largest absolute Gasteiger partial charge is 0.416 e. The fourth-order valence-corrected chi connectivity index (χ4v) is 4.17. The molecule has 0 amide bonds. The van der Waals surface area contributed by atoms with Crippen molar-refractivity contribution in [2.45, 2.75) is 37.5 Å². The first-order chi connectivity index (χ1) is 16.0. The maximum Gasteiger partial charge on any atom is 0.416 e. The highest BCUT2D eigenvalue weighted by atomic mass is 35.5. The minimum absolute atomic E-state index is 0.0147. The first kappa shape index (κ1) is 24.2. The second-order valence-electron chi connectivity index (χ2n) is 8.17. The predicted molar refractivity (Wildman–Crippen MR) is 117 cm³/mol. The second kappa shape index (κ2) is 9.34. The van der Waals surface area contributed by atoms with E-state index in [1.165, 1.54) is 41.5 Å². The molecule has 2 aromatic heterocycles. The maximum absolute atomic E-state index is 14.4. The number of carbonyl (C=O) groups excluding carboxylic acids is 1. The van der Waals surface area contributed by atoms with Crippen LogP contribution in [-0.2, 0) is 12.7 Å². The quantitative estimate of drug-likeness (QED) is 0.387. The third-order valence-corrected chi connectivity index (χ3v) is 6.07. The summed E-state index contributed by atoms with van der Waals surface area (Å²) in [6, 6.07) is 5.42. The average Bonchev–Trinajstić information content (AvgIpc) is 3.27. The highest BCUT2D eigenvalue weighted by Gasteiger charge is 2.41. The molecule has 3 aromatic rings. The van der Waals surface area contributed by atoms with Crippen LogP contribution in [0.5, 0.6) is 0 Å². The van der Waals surface area contributed by atoms with Crippen molar-refractivity contribution >= 4 is 23.2 Å². The van der Waals surface area contributed by atoms with E-state index in [4.69, 9.17) is 11.6 Å². The molecule has 0 saturated heterocycles. The van der Waals surface area contributed by atoms with Gasteiger partial charge in [-0.05, 0) is 43.0 Å². The molecule has 11 heteroatoms. The number of carbonyl (C=O) groups is 1. The number of aromatic nitrogens is 3. The minimum atomic E-state index is -4.48. The van der Waals surface area contributed by atoms with Crippen LogP contribution in [0.3, 0.4) is 0 Å². The first-order valence-electron chi connectivity index (χ1n) is 10.3. The van der Waals surface area contributed by atoms with Crippen LogP contribution in [0.1, 0.15) is 33.5 Å². The Morgan fingerprint density at radius 1 is 1.32 bits per heavy atom. The zero-order chi connectivity index (χ0) is 24.6. The molecule has 2 heterocycles. The lowest BCUT2D eigenvalue weighted by atomic mass is 10.1. The van der Waals surface area contributed by atoms with Gasteiger partial charge in [-0.2, -0.15) is 13.2 Å². The van der Waals surface area contributed by atoms with Gasteiger partial charge in [0.25, 0.3) is 0 Å². The number of hydrogen-bond acceptors (Lipinski definition) is 5. The molecule has 179 valence electrons. The van der Waals surface area contributed by atoms with E-state index in [2.05, 4.69) is 22.2 Å². The number of benzene rings is 1. The Labute approximate surface area is 197 Å². The number of alkyl halides is 4. The van der Waals surface area contributed by atoms with Crippen molar-refractivity contribution in [2.24, 2.45) is 5.92 Å². The molecule has 6 nitrogen and oxygen atoms in total. The van der Waals surface area contributed by atoms with Gasteiger partial charge in [0.15, 0.2) is 5.78 Å². The van der Waals surface area contributed by atoms with Crippen molar-refractivity contribution in [3.05, 3.63) is 83.4 Å². The van der Waals surface area contributed by atoms with Crippen molar-refractivity contribution in [3.63, 3.8) is 0 Å². The number of nitrogens with zero attached hydrogens (tertiary/aromatic N) is 3. The summed E-state index contributed by atoms with van der Waals surface area (Å²) >= 11 is 6.24. The maximum atomic E-state index is 14.4. The Kier molecular flexibility index (Phi) is 6.64. The van der Waals surface area contributed by atoms with E-state index in [-0.39, 0.29) is 35.1 Å². The number of anilines is 1. The molecule has 4 rings (SSSR count). The molecule has 1 aliphatic rings. The van der Waals surface area contributed by atoms with Gasteiger partial charge >= 0.3 is 6.18 Å². The minimum Gasteiger partial charge on any atom is -0.390 e. The van der Waals surface area contributed by atoms with Crippen molar-refractivity contribution in [1.29, 1.82) is 0 Å². The van der Waals surface area contributed by atoms with Gasteiger partial charge in [-0.3, -0.25) is 4.79 Å². The van der Waals surface area contributed by atoms with Crippen LogP contribution in [0.2, 0.25) is 5.15 Å². The molecule has 34 heavy (non-hydrogen) atoms. The van der Waals surface area contributed by atoms with E-state index < -0.39 is 41.8 Å². The molecule has 0 spiro atoms. The molecule has 1 fully saturated rings. The monoisotopic (exact) mass is 495 g/mol. The number of nitrogens with one attached hydrogen (secondary N) is 1. The molecule has 4 atom stereocenters. The van der Waals surface area contributed by atoms with Crippen molar-refractivity contribution in [2.75, 3.05) is 5.32 Å². The summed E-state index contributed by atoms with van der Waals surface area (Å²) < 4.78 is 54.8. The Morgan fingerprint density at radius 2 is 2.09 bits per heavy atom. The van der Waals surface area contributed by atoms with Gasteiger partial charge in [0, 0.05) is 24.5 Å². The first-order valence-corrected chi connectivity index (χ1v) is 10.7. The number of aliphatic hydroxyl groups excluding tert-OH is 1. The van der Waals surface area contributed by atoms with Gasteiger partial charge in [0.2, 0.25) is 0 Å². The topological polar surface area (TPSA) is 80.0 Å². The van der Waals surface area contributed by atoms with E-state index in [0.717, 1.165) is 12.1 Å². The number of aliphatic hydroxyl groups is 1. The number of rotatable bonds is 6. The molecule has 0 bridgehead atoms. The lowest BCUT2D eigenvalue weighted by molar-refractivity contribution is -0.137. The van der Waals surface area contributed by atoms with Crippen LogP contribution in [0.15, 0.2) is 49.1 Å². The standard InChI is InChI=1S/C23H20ClF4N4O2/c1-12-5-17(19(25)20(12)33)31-22-16(8-29-11-30-22)21(34)14-7-18(24)32(10-14)9-13-3-2-4-15(6-13)23(26,27)28/h2-4,6-8,10-12,17,19-20,33H,1,5,9H2,(H,29,30,31)/t12-,17-,19-,20-/m1/s1. The van der Waals surface area contributed by atoms with Crippen LogP contribution in [-0.4, -0.2) is 43.7 Å². The van der Waals surface area contributed by atoms with E-state index in [1.807, 2.05) is 0 Å². The lowest BCUT2D eigenvalue weighted by Crippen LogP contribution is -2.32. The molecule has 0 aliphatic heterocycles. The van der Waals surface area contributed by atoms with Crippen LogP contribution >= 0.6 is 11.6 Å².